The maximum Gasteiger partial charge on any atom is 0.333 e. The lowest BCUT2D eigenvalue weighted by molar-refractivity contribution is -0.138. The van der Waals surface area contributed by atoms with Crippen LogP contribution in [-0.4, -0.2) is 15.3 Å². The number of carbonyl (C=O) groups is 1. The number of carboxylic acid groups (broad SMARTS) is 1. The molecule has 0 saturated heterocycles. The highest BCUT2D eigenvalue weighted by atomic mass is 32.2. The van der Waals surface area contributed by atoms with Crippen molar-refractivity contribution in [3.8, 4) is 0 Å². The van der Waals surface area contributed by atoms with Gasteiger partial charge in [0.2, 0.25) is 0 Å². The summed E-state index contributed by atoms with van der Waals surface area (Å²) in [6.45, 7) is 0. The normalized spacial score (nSPS) is 12.4. The Bertz CT molecular complexity index is 1230. The summed E-state index contributed by atoms with van der Waals surface area (Å²) in [5, 5.41) is 11.9. The van der Waals surface area contributed by atoms with E-state index in [0.717, 1.165) is 10.8 Å². The lowest BCUT2D eigenvalue weighted by Gasteiger charge is -2.15. The molecule has 4 aromatic rings. The van der Waals surface area contributed by atoms with Crippen molar-refractivity contribution in [1.82, 2.24) is 0 Å². The van der Waals surface area contributed by atoms with Crippen molar-refractivity contribution < 1.29 is 14.1 Å². The fourth-order valence-corrected chi connectivity index (χ4v) is 5.32. The molecule has 0 aliphatic carbocycles. The Labute approximate surface area is 169 Å². The number of aliphatic carboxylic acids is 1. The molecule has 1 atom stereocenters. The third-order valence-electron chi connectivity index (χ3n) is 4.70. The summed E-state index contributed by atoms with van der Waals surface area (Å²) in [6, 6.07) is 29.5. The van der Waals surface area contributed by atoms with E-state index in [1.165, 1.54) is 0 Å². The first-order valence-electron chi connectivity index (χ1n) is 9.16. The van der Waals surface area contributed by atoms with Gasteiger partial charge in [-0.2, -0.15) is 0 Å². The van der Waals surface area contributed by atoms with Crippen molar-refractivity contribution in [1.29, 1.82) is 0 Å². The van der Waals surface area contributed by atoms with E-state index in [2.05, 4.69) is 4.36 Å². The largest absolute Gasteiger partial charge is 0.479 e. The SMILES string of the molecule is O=C(O)C(N=S(=O)(c1ccccc1)c1ccccc1)c1ccc2ccccc2c1. The average molecular weight is 401 g/mol. The Morgan fingerprint density at radius 3 is 1.79 bits per heavy atom. The van der Waals surface area contributed by atoms with Crippen molar-refractivity contribution in [2.45, 2.75) is 15.8 Å². The molecule has 1 unspecified atom stereocenters. The minimum atomic E-state index is -3.15. The molecule has 4 nitrogen and oxygen atoms in total. The standard InChI is InChI=1S/C24H19NO3S/c26-24(27)23(20-16-15-18-9-7-8-10-19(18)17-20)25-29(28,21-11-3-1-4-12-21)22-13-5-2-6-14-22/h1-17,23H,(H,26,27). The Balaban J connectivity index is 1.95. The molecular weight excluding hydrogens is 382 g/mol. The van der Waals surface area contributed by atoms with E-state index in [9.17, 15) is 14.1 Å². The van der Waals surface area contributed by atoms with Gasteiger partial charge in [-0.1, -0.05) is 72.8 Å². The topological polar surface area (TPSA) is 66.7 Å². The molecule has 1 N–H and O–H groups in total. The molecule has 29 heavy (non-hydrogen) atoms. The molecule has 0 aliphatic rings. The molecule has 0 bridgehead atoms. The number of carboxylic acids is 1. The van der Waals surface area contributed by atoms with Crippen LogP contribution in [0.25, 0.3) is 10.8 Å². The number of fused-ring (bicyclic) bond motifs is 1. The van der Waals surface area contributed by atoms with Gasteiger partial charge in [-0.15, -0.1) is 0 Å². The fraction of sp³-hybridized carbons (Fsp3) is 0.0417. The third kappa shape index (κ3) is 3.77. The van der Waals surface area contributed by atoms with Gasteiger partial charge in [-0.25, -0.2) is 13.4 Å². The summed E-state index contributed by atoms with van der Waals surface area (Å²) < 4.78 is 18.6. The summed E-state index contributed by atoms with van der Waals surface area (Å²) in [5.41, 5.74) is 0.496. The molecule has 0 aromatic heterocycles. The Kier molecular flexibility index (Phi) is 5.14. The minimum absolute atomic E-state index is 0.484. The maximum atomic E-state index is 14.1. The quantitative estimate of drug-likeness (QED) is 0.477. The summed E-state index contributed by atoms with van der Waals surface area (Å²) in [7, 11) is -3.15. The molecule has 144 valence electrons. The first kappa shape index (κ1) is 18.9. The van der Waals surface area contributed by atoms with Crippen LogP contribution in [0.1, 0.15) is 11.6 Å². The molecule has 0 saturated carbocycles. The van der Waals surface area contributed by atoms with E-state index >= 15 is 0 Å². The van der Waals surface area contributed by atoms with Crippen molar-refractivity contribution in [2.24, 2.45) is 4.36 Å². The van der Waals surface area contributed by atoms with Gasteiger partial charge in [0.25, 0.3) is 0 Å². The monoisotopic (exact) mass is 401 g/mol. The number of benzene rings is 4. The van der Waals surface area contributed by atoms with Crippen LogP contribution in [0.2, 0.25) is 0 Å². The molecule has 0 radical (unpaired) electrons. The average Bonchev–Trinajstić information content (AvgIpc) is 2.78. The van der Waals surface area contributed by atoms with E-state index in [0.29, 0.717) is 15.4 Å². The molecule has 5 heteroatoms. The molecule has 0 heterocycles. The Morgan fingerprint density at radius 2 is 1.24 bits per heavy atom. The first-order valence-corrected chi connectivity index (χ1v) is 10.7. The molecule has 4 aromatic carbocycles. The highest BCUT2D eigenvalue weighted by molar-refractivity contribution is 7.93. The van der Waals surface area contributed by atoms with E-state index in [-0.39, 0.29) is 0 Å². The number of hydrogen-bond acceptors (Lipinski definition) is 3. The van der Waals surface area contributed by atoms with Crippen molar-refractivity contribution >= 4 is 26.5 Å². The molecule has 0 fully saturated rings. The van der Waals surface area contributed by atoms with Gasteiger partial charge in [0.05, 0.1) is 9.79 Å². The van der Waals surface area contributed by atoms with Gasteiger partial charge >= 0.3 is 5.97 Å². The van der Waals surface area contributed by atoms with Crippen LogP contribution in [0.15, 0.2) is 117 Å². The van der Waals surface area contributed by atoms with Crippen molar-refractivity contribution in [2.75, 3.05) is 0 Å². The van der Waals surface area contributed by atoms with Gasteiger partial charge in [0.15, 0.2) is 6.04 Å². The third-order valence-corrected chi connectivity index (χ3v) is 7.03. The molecule has 0 spiro atoms. The van der Waals surface area contributed by atoms with Gasteiger partial charge in [-0.3, -0.25) is 0 Å². The number of rotatable bonds is 5. The summed E-state index contributed by atoms with van der Waals surface area (Å²) in [4.78, 5) is 13.1. The highest BCUT2D eigenvalue weighted by Crippen LogP contribution is 2.30. The van der Waals surface area contributed by atoms with E-state index in [1.54, 1.807) is 60.7 Å². The molecular formula is C24H19NO3S. The predicted molar refractivity (Wildman–Crippen MR) is 114 cm³/mol. The summed E-state index contributed by atoms with van der Waals surface area (Å²) in [5.74, 6) is -1.14. The van der Waals surface area contributed by atoms with Crippen LogP contribution >= 0.6 is 0 Å². The van der Waals surface area contributed by atoms with Crippen LogP contribution in [0.3, 0.4) is 0 Å². The Morgan fingerprint density at radius 1 is 0.724 bits per heavy atom. The molecule has 0 amide bonds. The fourth-order valence-electron chi connectivity index (χ4n) is 3.24. The van der Waals surface area contributed by atoms with Crippen LogP contribution in [0.4, 0.5) is 0 Å². The number of hydrogen-bond donors (Lipinski definition) is 1. The van der Waals surface area contributed by atoms with Crippen molar-refractivity contribution in [3.63, 3.8) is 0 Å². The highest BCUT2D eigenvalue weighted by Gasteiger charge is 2.25. The van der Waals surface area contributed by atoms with Gasteiger partial charge in [0.1, 0.15) is 9.73 Å². The smallest absolute Gasteiger partial charge is 0.333 e. The maximum absolute atomic E-state index is 14.1. The zero-order chi connectivity index (χ0) is 20.3. The van der Waals surface area contributed by atoms with Gasteiger partial charge in [-0.05, 0) is 46.7 Å². The summed E-state index contributed by atoms with van der Waals surface area (Å²) in [6.07, 6.45) is 0. The number of nitrogens with zero attached hydrogens (tertiary/aromatic N) is 1. The second-order valence-corrected chi connectivity index (χ2v) is 8.81. The van der Waals surface area contributed by atoms with Gasteiger partial charge in [0, 0.05) is 0 Å². The lowest BCUT2D eigenvalue weighted by Crippen LogP contribution is -2.13. The Hall–Kier alpha value is -3.44. The summed E-state index contributed by atoms with van der Waals surface area (Å²) >= 11 is 0. The van der Waals surface area contributed by atoms with E-state index in [4.69, 9.17) is 0 Å². The van der Waals surface area contributed by atoms with Crippen LogP contribution in [0, 0.1) is 0 Å². The second-order valence-electron chi connectivity index (χ2n) is 6.60. The molecule has 4 rings (SSSR count). The van der Waals surface area contributed by atoms with Crippen LogP contribution < -0.4 is 0 Å². The van der Waals surface area contributed by atoms with E-state index in [1.807, 2.05) is 42.5 Å². The second kappa shape index (κ2) is 7.89. The van der Waals surface area contributed by atoms with Crippen molar-refractivity contribution in [3.05, 3.63) is 109 Å². The zero-order valence-corrected chi connectivity index (χ0v) is 16.3. The molecule has 0 aliphatic heterocycles. The zero-order valence-electron chi connectivity index (χ0n) is 15.5. The van der Waals surface area contributed by atoms with Gasteiger partial charge < -0.3 is 5.11 Å². The van der Waals surface area contributed by atoms with E-state index < -0.39 is 21.7 Å². The lowest BCUT2D eigenvalue weighted by atomic mass is 10.0. The minimum Gasteiger partial charge on any atom is -0.479 e. The predicted octanol–water partition coefficient (Wildman–Crippen LogP) is 5.55. The van der Waals surface area contributed by atoms with Crippen LogP contribution in [-0.2, 0) is 14.5 Å². The first-order chi connectivity index (χ1) is 14.1. The van der Waals surface area contributed by atoms with Crippen LogP contribution in [0.5, 0.6) is 0 Å².